The fraction of sp³-hybridized carbons (Fsp3) is 0.269. The topological polar surface area (TPSA) is 70.0 Å². The van der Waals surface area contributed by atoms with E-state index < -0.39 is 9.84 Å². The molecule has 0 aliphatic carbocycles. The second kappa shape index (κ2) is 10.6. The normalized spacial score (nSPS) is 11.4. The summed E-state index contributed by atoms with van der Waals surface area (Å²) in [6.45, 7) is 4.88. The van der Waals surface area contributed by atoms with Gasteiger partial charge in [0.05, 0.1) is 26.6 Å². The van der Waals surface area contributed by atoms with Crippen molar-refractivity contribution in [3.63, 3.8) is 0 Å². The summed E-state index contributed by atoms with van der Waals surface area (Å²) in [6.07, 6.45) is 2.75. The largest absolute Gasteiger partial charge is 0.385 e. The first-order chi connectivity index (χ1) is 15.6. The van der Waals surface area contributed by atoms with Crippen molar-refractivity contribution in [2.75, 3.05) is 18.1 Å². The number of nitrogens with zero attached hydrogens (tertiary/aromatic N) is 1. The molecule has 0 aliphatic heterocycles. The Balaban J connectivity index is 1.73. The average Bonchev–Trinajstić information content (AvgIpc) is 2.73. The number of anilines is 1. The van der Waals surface area contributed by atoms with Crippen molar-refractivity contribution in [2.45, 2.75) is 31.6 Å². The monoisotopic (exact) mass is 500 g/mol. The van der Waals surface area contributed by atoms with Crippen LogP contribution in [0.1, 0.15) is 30.5 Å². The molecule has 3 aromatic rings. The number of rotatable bonds is 8. The van der Waals surface area contributed by atoms with E-state index in [-0.39, 0.29) is 0 Å². The molecule has 0 bridgehead atoms. The first kappa shape index (κ1) is 25.1. The molecule has 0 amide bonds. The summed E-state index contributed by atoms with van der Waals surface area (Å²) in [5.74, 6) is 0.457. The van der Waals surface area contributed by atoms with Crippen LogP contribution in [-0.4, -0.2) is 21.2 Å². The van der Waals surface area contributed by atoms with Crippen molar-refractivity contribution >= 4 is 38.7 Å². The van der Waals surface area contributed by atoms with E-state index in [1.807, 2.05) is 42.5 Å². The molecule has 0 heterocycles. The minimum atomic E-state index is -3.19. The molecule has 0 unspecified atom stereocenters. The van der Waals surface area contributed by atoms with Gasteiger partial charge in [-0.2, -0.15) is 5.26 Å². The van der Waals surface area contributed by atoms with Crippen LogP contribution in [0.3, 0.4) is 0 Å². The predicted molar refractivity (Wildman–Crippen MR) is 137 cm³/mol. The van der Waals surface area contributed by atoms with Crippen molar-refractivity contribution in [1.29, 1.82) is 5.26 Å². The van der Waals surface area contributed by atoms with Gasteiger partial charge in [-0.1, -0.05) is 61.3 Å². The lowest BCUT2D eigenvalue weighted by atomic mass is 9.94. The van der Waals surface area contributed by atoms with Crippen LogP contribution in [0.4, 0.5) is 5.69 Å². The molecule has 172 valence electrons. The van der Waals surface area contributed by atoms with Crippen molar-refractivity contribution in [3.8, 4) is 17.2 Å². The number of hydrogen-bond acceptors (Lipinski definition) is 4. The smallest absolute Gasteiger partial charge is 0.175 e. The second-order valence-corrected chi connectivity index (χ2v) is 11.3. The highest BCUT2D eigenvalue weighted by Crippen LogP contribution is 2.38. The Morgan fingerprint density at radius 2 is 1.64 bits per heavy atom. The fourth-order valence-corrected chi connectivity index (χ4v) is 5.00. The summed E-state index contributed by atoms with van der Waals surface area (Å²) in [5, 5.41) is 13.9. The number of halogens is 2. The quantitative estimate of drug-likeness (QED) is 0.369. The number of benzene rings is 3. The summed E-state index contributed by atoms with van der Waals surface area (Å²) < 4.78 is 23.2. The van der Waals surface area contributed by atoms with Crippen LogP contribution in [-0.2, 0) is 22.7 Å². The number of nitrogens with one attached hydrogen (secondary N) is 1. The maximum atomic E-state index is 11.6. The van der Waals surface area contributed by atoms with Gasteiger partial charge in [0.2, 0.25) is 0 Å². The predicted octanol–water partition coefficient (Wildman–Crippen LogP) is 6.79. The molecule has 7 heteroatoms. The lowest BCUT2D eigenvalue weighted by molar-refractivity contribution is 0.602. The maximum Gasteiger partial charge on any atom is 0.175 e. The Kier molecular flexibility index (Phi) is 8.07. The molecular formula is C26H26Cl2N2O2S. The van der Waals surface area contributed by atoms with Crippen LogP contribution in [0.25, 0.3) is 11.1 Å². The van der Waals surface area contributed by atoms with Gasteiger partial charge in [0.1, 0.15) is 0 Å². The molecule has 4 nitrogen and oxygen atoms in total. The number of nitriles is 1. The Bertz CT molecular complexity index is 1270. The van der Waals surface area contributed by atoms with Gasteiger partial charge in [0.15, 0.2) is 9.84 Å². The molecule has 0 fully saturated rings. The molecule has 0 radical (unpaired) electrons. The molecule has 33 heavy (non-hydrogen) atoms. The zero-order chi connectivity index (χ0) is 24.2. The fourth-order valence-electron chi connectivity index (χ4n) is 3.66. The van der Waals surface area contributed by atoms with Gasteiger partial charge in [-0.25, -0.2) is 8.42 Å². The summed E-state index contributed by atoms with van der Waals surface area (Å²) in [6, 6.07) is 18.6. The van der Waals surface area contributed by atoms with E-state index >= 15 is 0 Å². The summed E-state index contributed by atoms with van der Waals surface area (Å²) in [7, 11) is -3.19. The van der Waals surface area contributed by atoms with E-state index in [1.54, 1.807) is 12.1 Å². The highest BCUT2D eigenvalue weighted by Gasteiger charge is 2.14. The molecule has 0 atom stereocenters. The molecular weight excluding hydrogens is 475 g/mol. The van der Waals surface area contributed by atoms with Crippen molar-refractivity contribution in [2.24, 2.45) is 5.92 Å². The van der Waals surface area contributed by atoms with Crippen LogP contribution in [0.2, 0.25) is 10.0 Å². The van der Waals surface area contributed by atoms with Gasteiger partial charge in [-0.15, -0.1) is 0 Å². The standard InChI is InChI=1S/C26H26Cl2N2O2S/c1-17(2)12-19-6-7-20(13-21(19)16-29)26-24(27)14-22(15-25(26)28)30-11-10-18-4-8-23(9-5-18)33(3,31)32/h4-9,13-15,17,30H,10-12H2,1-3H3. The second-order valence-electron chi connectivity index (χ2n) is 8.49. The highest BCUT2D eigenvalue weighted by molar-refractivity contribution is 7.90. The lowest BCUT2D eigenvalue weighted by Gasteiger charge is -2.14. The minimum absolute atomic E-state index is 0.310. The maximum absolute atomic E-state index is 11.6. The Labute approximate surface area is 206 Å². The lowest BCUT2D eigenvalue weighted by Crippen LogP contribution is -2.05. The van der Waals surface area contributed by atoms with Crippen molar-refractivity contribution < 1.29 is 8.42 Å². The van der Waals surface area contributed by atoms with Crippen molar-refractivity contribution in [1.82, 2.24) is 0 Å². The summed E-state index contributed by atoms with van der Waals surface area (Å²) >= 11 is 13.2. The summed E-state index contributed by atoms with van der Waals surface area (Å²) in [4.78, 5) is 0.310. The van der Waals surface area contributed by atoms with E-state index in [0.717, 1.165) is 28.8 Å². The summed E-state index contributed by atoms with van der Waals surface area (Å²) in [5.41, 5.74) is 4.98. The highest BCUT2D eigenvalue weighted by atomic mass is 35.5. The van der Waals surface area contributed by atoms with Crippen LogP contribution < -0.4 is 5.32 Å². The Hall–Kier alpha value is -2.52. The number of hydrogen-bond donors (Lipinski definition) is 1. The third-order valence-corrected chi connectivity index (χ3v) is 7.01. The average molecular weight is 501 g/mol. The van der Waals surface area contributed by atoms with Gasteiger partial charge in [0, 0.05) is 24.1 Å². The van der Waals surface area contributed by atoms with E-state index in [0.29, 0.717) is 45.0 Å². The molecule has 0 aliphatic rings. The van der Waals surface area contributed by atoms with Crippen LogP contribution >= 0.6 is 23.2 Å². The Morgan fingerprint density at radius 1 is 1.00 bits per heavy atom. The minimum Gasteiger partial charge on any atom is -0.385 e. The third-order valence-electron chi connectivity index (χ3n) is 5.28. The molecule has 0 saturated carbocycles. The number of sulfone groups is 1. The zero-order valence-corrected chi connectivity index (χ0v) is 21.2. The molecule has 3 aromatic carbocycles. The molecule has 0 aromatic heterocycles. The van der Waals surface area contributed by atoms with E-state index in [2.05, 4.69) is 25.2 Å². The van der Waals surface area contributed by atoms with Crippen molar-refractivity contribution in [3.05, 3.63) is 81.3 Å². The van der Waals surface area contributed by atoms with E-state index in [9.17, 15) is 13.7 Å². The van der Waals surface area contributed by atoms with E-state index in [1.165, 1.54) is 6.26 Å². The van der Waals surface area contributed by atoms with Gasteiger partial charge < -0.3 is 5.32 Å². The van der Waals surface area contributed by atoms with Crippen LogP contribution in [0.5, 0.6) is 0 Å². The van der Waals surface area contributed by atoms with Gasteiger partial charge in [-0.05, 0) is 65.8 Å². The molecule has 0 saturated heterocycles. The first-order valence-electron chi connectivity index (χ1n) is 10.6. The van der Waals surface area contributed by atoms with Crippen LogP contribution in [0, 0.1) is 17.2 Å². The third kappa shape index (κ3) is 6.51. The SMILES string of the molecule is CC(C)Cc1ccc(-c2c(Cl)cc(NCCc3ccc(S(C)(=O)=O)cc3)cc2Cl)cc1C#N. The van der Waals surface area contributed by atoms with E-state index in [4.69, 9.17) is 23.2 Å². The zero-order valence-electron chi connectivity index (χ0n) is 18.8. The van der Waals surface area contributed by atoms with Gasteiger partial charge >= 0.3 is 0 Å². The molecule has 3 rings (SSSR count). The Morgan fingerprint density at radius 3 is 2.18 bits per heavy atom. The molecule has 1 N–H and O–H groups in total. The van der Waals surface area contributed by atoms with Crippen LogP contribution in [0.15, 0.2) is 59.5 Å². The van der Waals surface area contributed by atoms with Gasteiger partial charge in [0.25, 0.3) is 0 Å². The first-order valence-corrected chi connectivity index (χ1v) is 13.3. The van der Waals surface area contributed by atoms with Gasteiger partial charge in [-0.3, -0.25) is 0 Å². The molecule has 0 spiro atoms.